The topological polar surface area (TPSA) is 61.9 Å². The number of likely N-dealkylation sites (tertiary alicyclic amines) is 1. The van der Waals surface area contributed by atoms with Crippen LogP contribution < -0.4 is 0 Å². The summed E-state index contributed by atoms with van der Waals surface area (Å²) in [5.74, 6) is -0.0799. The third kappa shape index (κ3) is 2.03. The minimum atomic E-state index is -0.275. The summed E-state index contributed by atoms with van der Waals surface area (Å²) in [6, 6.07) is 3.72. The summed E-state index contributed by atoms with van der Waals surface area (Å²) < 4.78 is 1.61. The van der Waals surface area contributed by atoms with Crippen LogP contribution in [0.25, 0.3) is 0 Å². The normalized spacial score (nSPS) is 19.4. The molecule has 1 fully saturated rings. The largest absolute Gasteiger partial charge is 0.321 e. The third-order valence-electron chi connectivity index (χ3n) is 3.17. The molecule has 0 bridgehead atoms. The van der Waals surface area contributed by atoms with E-state index in [1.165, 1.54) is 0 Å². The number of nitriles is 1. The molecule has 17 heavy (non-hydrogen) atoms. The predicted molar refractivity (Wildman–Crippen MR) is 62.3 cm³/mol. The summed E-state index contributed by atoms with van der Waals surface area (Å²) in [6.07, 6.45) is 2.49. The number of hydrogen-bond donors (Lipinski definition) is 0. The van der Waals surface area contributed by atoms with Crippen molar-refractivity contribution in [3.63, 3.8) is 0 Å². The molecule has 1 aromatic rings. The van der Waals surface area contributed by atoms with E-state index in [0.717, 1.165) is 25.0 Å². The quantitative estimate of drug-likeness (QED) is 0.767. The highest BCUT2D eigenvalue weighted by Crippen LogP contribution is 2.19. The number of aryl methyl sites for hydroxylation is 2. The van der Waals surface area contributed by atoms with E-state index in [1.807, 2.05) is 13.0 Å². The first-order valence-corrected chi connectivity index (χ1v) is 5.91. The lowest BCUT2D eigenvalue weighted by atomic mass is 10.2. The molecule has 0 saturated carbocycles. The van der Waals surface area contributed by atoms with Crippen molar-refractivity contribution in [2.75, 3.05) is 6.54 Å². The van der Waals surface area contributed by atoms with Crippen LogP contribution in [0.2, 0.25) is 0 Å². The van der Waals surface area contributed by atoms with Gasteiger partial charge in [0.2, 0.25) is 0 Å². The molecule has 0 N–H and O–H groups in total. The summed E-state index contributed by atoms with van der Waals surface area (Å²) >= 11 is 0. The monoisotopic (exact) mass is 232 g/mol. The highest BCUT2D eigenvalue weighted by atomic mass is 16.2. The van der Waals surface area contributed by atoms with Crippen molar-refractivity contribution in [2.45, 2.75) is 32.2 Å². The van der Waals surface area contributed by atoms with E-state index >= 15 is 0 Å². The first kappa shape index (κ1) is 11.6. The molecule has 1 aliphatic rings. The average Bonchev–Trinajstić information content (AvgIpc) is 2.93. The first-order chi connectivity index (χ1) is 8.17. The SMILES string of the molecule is CCc1cc(C(=O)N2CCCC2C#N)n(C)n1. The van der Waals surface area contributed by atoms with E-state index in [2.05, 4.69) is 11.2 Å². The van der Waals surface area contributed by atoms with Crippen LogP contribution in [0, 0.1) is 11.3 Å². The van der Waals surface area contributed by atoms with E-state index in [4.69, 9.17) is 5.26 Å². The fourth-order valence-corrected chi connectivity index (χ4v) is 2.19. The van der Waals surface area contributed by atoms with Crippen molar-refractivity contribution in [1.82, 2.24) is 14.7 Å². The maximum absolute atomic E-state index is 12.3. The van der Waals surface area contributed by atoms with Crippen molar-refractivity contribution in [1.29, 1.82) is 5.26 Å². The lowest BCUT2D eigenvalue weighted by Crippen LogP contribution is -2.35. The lowest BCUT2D eigenvalue weighted by Gasteiger charge is -2.19. The molecule has 1 unspecified atom stereocenters. The van der Waals surface area contributed by atoms with Crippen LogP contribution in [0.15, 0.2) is 6.07 Å². The molecule has 5 heteroatoms. The van der Waals surface area contributed by atoms with Gasteiger partial charge in [-0.25, -0.2) is 0 Å². The van der Waals surface area contributed by atoms with Gasteiger partial charge < -0.3 is 4.90 Å². The molecular weight excluding hydrogens is 216 g/mol. The average molecular weight is 232 g/mol. The molecule has 2 heterocycles. The molecule has 1 aliphatic heterocycles. The second kappa shape index (κ2) is 4.58. The van der Waals surface area contributed by atoms with Gasteiger partial charge in [-0.1, -0.05) is 6.92 Å². The van der Waals surface area contributed by atoms with Crippen LogP contribution in [0.5, 0.6) is 0 Å². The number of nitrogens with zero attached hydrogens (tertiary/aromatic N) is 4. The maximum atomic E-state index is 12.3. The van der Waals surface area contributed by atoms with Gasteiger partial charge in [0, 0.05) is 13.6 Å². The smallest absolute Gasteiger partial charge is 0.273 e. The van der Waals surface area contributed by atoms with Gasteiger partial charge in [-0.2, -0.15) is 10.4 Å². The molecule has 1 amide bonds. The van der Waals surface area contributed by atoms with Gasteiger partial charge in [0.1, 0.15) is 11.7 Å². The number of carbonyl (C=O) groups excluding carboxylic acids is 1. The van der Waals surface area contributed by atoms with Gasteiger partial charge >= 0.3 is 0 Å². The van der Waals surface area contributed by atoms with Crippen LogP contribution >= 0.6 is 0 Å². The number of amides is 1. The van der Waals surface area contributed by atoms with E-state index in [9.17, 15) is 4.79 Å². The zero-order chi connectivity index (χ0) is 12.4. The summed E-state index contributed by atoms with van der Waals surface area (Å²) in [4.78, 5) is 13.9. The van der Waals surface area contributed by atoms with Crippen LogP contribution in [-0.2, 0) is 13.5 Å². The van der Waals surface area contributed by atoms with Crippen molar-refractivity contribution < 1.29 is 4.79 Å². The Balaban J connectivity index is 2.25. The summed E-state index contributed by atoms with van der Waals surface area (Å²) in [5.41, 5.74) is 1.48. The fraction of sp³-hybridized carbons (Fsp3) is 0.583. The third-order valence-corrected chi connectivity index (χ3v) is 3.17. The molecule has 0 aliphatic carbocycles. The molecular formula is C12H16N4O. The summed E-state index contributed by atoms with van der Waals surface area (Å²) in [5, 5.41) is 13.2. The van der Waals surface area contributed by atoms with Gasteiger partial charge in [0.25, 0.3) is 5.91 Å². The van der Waals surface area contributed by atoms with E-state index in [-0.39, 0.29) is 11.9 Å². The number of rotatable bonds is 2. The van der Waals surface area contributed by atoms with Crippen molar-refractivity contribution in [3.8, 4) is 6.07 Å². The Bertz CT molecular complexity index is 471. The van der Waals surface area contributed by atoms with Gasteiger partial charge in [-0.3, -0.25) is 9.48 Å². The first-order valence-electron chi connectivity index (χ1n) is 5.91. The van der Waals surface area contributed by atoms with Gasteiger partial charge in [0.15, 0.2) is 0 Å². The van der Waals surface area contributed by atoms with E-state index in [0.29, 0.717) is 12.2 Å². The lowest BCUT2D eigenvalue weighted by molar-refractivity contribution is 0.0754. The zero-order valence-electron chi connectivity index (χ0n) is 10.2. The van der Waals surface area contributed by atoms with Crippen LogP contribution in [0.3, 0.4) is 0 Å². The molecule has 0 spiro atoms. The molecule has 1 atom stereocenters. The molecule has 0 radical (unpaired) electrons. The highest BCUT2D eigenvalue weighted by Gasteiger charge is 2.30. The van der Waals surface area contributed by atoms with Crippen molar-refractivity contribution in [2.24, 2.45) is 7.05 Å². The highest BCUT2D eigenvalue weighted by molar-refractivity contribution is 5.93. The predicted octanol–water partition coefficient (Wildman–Crippen LogP) is 1.11. The number of carbonyl (C=O) groups is 1. The van der Waals surface area contributed by atoms with Gasteiger partial charge in [0.05, 0.1) is 11.8 Å². The van der Waals surface area contributed by atoms with E-state index in [1.54, 1.807) is 16.6 Å². The summed E-state index contributed by atoms with van der Waals surface area (Å²) in [7, 11) is 1.77. The molecule has 5 nitrogen and oxygen atoms in total. The Hall–Kier alpha value is -1.83. The second-order valence-electron chi connectivity index (χ2n) is 4.28. The second-order valence-corrected chi connectivity index (χ2v) is 4.28. The molecule has 1 saturated heterocycles. The van der Waals surface area contributed by atoms with Crippen LogP contribution in [0.4, 0.5) is 0 Å². The van der Waals surface area contributed by atoms with Crippen LogP contribution in [-0.4, -0.2) is 33.2 Å². The minimum absolute atomic E-state index is 0.0799. The Morgan fingerprint density at radius 1 is 1.71 bits per heavy atom. The molecule has 1 aromatic heterocycles. The zero-order valence-corrected chi connectivity index (χ0v) is 10.2. The standard InChI is InChI=1S/C12H16N4O/c1-3-9-7-11(15(2)14-9)12(17)16-6-4-5-10(16)8-13/h7,10H,3-6H2,1-2H3. The van der Waals surface area contributed by atoms with E-state index < -0.39 is 0 Å². The Kier molecular flexibility index (Phi) is 3.14. The minimum Gasteiger partial charge on any atom is -0.321 e. The Morgan fingerprint density at radius 3 is 3.06 bits per heavy atom. The number of hydrogen-bond acceptors (Lipinski definition) is 3. The molecule has 0 aromatic carbocycles. The van der Waals surface area contributed by atoms with Gasteiger partial charge in [-0.05, 0) is 25.3 Å². The van der Waals surface area contributed by atoms with Gasteiger partial charge in [-0.15, -0.1) is 0 Å². The molecule has 90 valence electrons. The Morgan fingerprint density at radius 2 is 2.47 bits per heavy atom. The van der Waals surface area contributed by atoms with Crippen LogP contribution in [0.1, 0.15) is 35.9 Å². The fourth-order valence-electron chi connectivity index (χ4n) is 2.19. The Labute approximate surface area is 101 Å². The maximum Gasteiger partial charge on any atom is 0.273 e. The van der Waals surface area contributed by atoms with Crippen molar-refractivity contribution >= 4 is 5.91 Å². The molecule has 2 rings (SSSR count). The summed E-state index contributed by atoms with van der Waals surface area (Å²) in [6.45, 7) is 2.67. The van der Waals surface area contributed by atoms with Crippen molar-refractivity contribution in [3.05, 3.63) is 17.5 Å². The number of aromatic nitrogens is 2.